The highest BCUT2D eigenvalue weighted by atomic mass is 19.4. The number of alkyl halides is 3. The van der Waals surface area contributed by atoms with Gasteiger partial charge in [-0.15, -0.1) is 0 Å². The summed E-state index contributed by atoms with van der Waals surface area (Å²) in [6.45, 7) is 4.01. The Morgan fingerprint density at radius 3 is 2.08 bits per heavy atom. The lowest BCUT2D eigenvalue weighted by Gasteiger charge is -2.34. The van der Waals surface area contributed by atoms with Crippen molar-refractivity contribution in [3.63, 3.8) is 0 Å². The number of anilines is 3. The average molecular weight is 337 g/mol. The van der Waals surface area contributed by atoms with E-state index in [1.807, 2.05) is 24.3 Å². The van der Waals surface area contributed by atoms with E-state index in [0.717, 1.165) is 49.9 Å². The third-order valence-corrected chi connectivity index (χ3v) is 3.97. The molecule has 1 fully saturated rings. The molecular formula is C16H18F3N5. The molecule has 0 unspecified atom stereocenters. The fraction of sp³-hybridized carbons (Fsp3) is 0.375. The van der Waals surface area contributed by atoms with E-state index in [1.165, 1.54) is 0 Å². The smallest absolute Gasteiger partial charge is 0.369 e. The van der Waals surface area contributed by atoms with Crippen molar-refractivity contribution in [3.05, 3.63) is 42.2 Å². The molecule has 1 aromatic heterocycles. The molecule has 24 heavy (non-hydrogen) atoms. The van der Waals surface area contributed by atoms with Crippen LogP contribution in [-0.4, -0.2) is 48.1 Å². The van der Waals surface area contributed by atoms with E-state index in [2.05, 4.69) is 32.1 Å². The summed E-state index contributed by atoms with van der Waals surface area (Å²) in [6, 6.07) is 7.71. The van der Waals surface area contributed by atoms with Crippen LogP contribution in [0.15, 0.2) is 36.7 Å². The van der Waals surface area contributed by atoms with E-state index in [1.54, 1.807) is 0 Å². The summed E-state index contributed by atoms with van der Waals surface area (Å²) in [4.78, 5) is 12.0. The van der Waals surface area contributed by atoms with Gasteiger partial charge < -0.3 is 15.1 Å². The first kappa shape index (κ1) is 16.5. The summed E-state index contributed by atoms with van der Waals surface area (Å²) >= 11 is 0. The first-order valence-corrected chi connectivity index (χ1v) is 7.62. The number of hydrogen-bond donors (Lipinski definition) is 1. The van der Waals surface area contributed by atoms with Crippen LogP contribution in [-0.2, 0) is 6.18 Å². The van der Waals surface area contributed by atoms with Crippen LogP contribution in [0.25, 0.3) is 0 Å². The molecule has 0 saturated carbocycles. The van der Waals surface area contributed by atoms with Crippen LogP contribution in [0.3, 0.4) is 0 Å². The van der Waals surface area contributed by atoms with Gasteiger partial charge in [-0.2, -0.15) is 13.2 Å². The summed E-state index contributed by atoms with van der Waals surface area (Å²) in [7, 11) is 2.11. The van der Waals surface area contributed by atoms with E-state index in [9.17, 15) is 13.2 Å². The van der Waals surface area contributed by atoms with Crippen LogP contribution in [0.1, 0.15) is 5.56 Å². The van der Waals surface area contributed by atoms with Crippen molar-refractivity contribution < 1.29 is 13.2 Å². The molecule has 1 aromatic carbocycles. The van der Waals surface area contributed by atoms with Crippen molar-refractivity contribution in [3.8, 4) is 0 Å². The first-order chi connectivity index (χ1) is 11.4. The van der Waals surface area contributed by atoms with Gasteiger partial charge in [-0.1, -0.05) is 0 Å². The highest BCUT2D eigenvalue weighted by molar-refractivity contribution is 5.59. The number of likely N-dealkylation sites (N-methyl/N-ethyl adjacent to an activating group) is 1. The number of benzene rings is 1. The number of nitrogens with one attached hydrogen (secondary N) is 1. The minimum atomic E-state index is -4.43. The normalized spacial score (nSPS) is 16.2. The predicted octanol–water partition coefficient (Wildman–Crippen LogP) is 2.99. The zero-order valence-electron chi connectivity index (χ0n) is 13.2. The van der Waals surface area contributed by atoms with E-state index in [0.29, 0.717) is 0 Å². The lowest BCUT2D eigenvalue weighted by molar-refractivity contribution is -0.138. The number of nitrogens with zero attached hydrogens (tertiary/aromatic N) is 4. The molecule has 0 bridgehead atoms. The fourth-order valence-corrected chi connectivity index (χ4v) is 2.49. The van der Waals surface area contributed by atoms with Gasteiger partial charge in [-0.05, 0) is 31.3 Å². The molecule has 2 heterocycles. The van der Waals surface area contributed by atoms with Gasteiger partial charge in [0.1, 0.15) is 0 Å². The second-order valence-electron chi connectivity index (χ2n) is 5.76. The third kappa shape index (κ3) is 3.94. The number of hydrogen-bond acceptors (Lipinski definition) is 5. The highest BCUT2D eigenvalue weighted by Gasteiger charge is 2.31. The molecule has 1 N–H and O–H groups in total. The topological polar surface area (TPSA) is 44.3 Å². The number of halogens is 3. The fourth-order valence-electron chi connectivity index (χ4n) is 2.49. The quantitative estimate of drug-likeness (QED) is 0.933. The summed E-state index contributed by atoms with van der Waals surface area (Å²) in [5.74, 6) is 0.135. The Bertz CT molecular complexity index is 662. The van der Waals surface area contributed by atoms with E-state index in [4.69, 9.17) is 0 Å². The molecule has 2 aromatic rings. The number of rotatable bonds is 3. The molecule has 0 amide bonds. The van der Waals surface area contributed by atoms with Gasteiger partial charge in [-0.25, -0.2) is 9.97 Å². The molecule has 128 valence electrons. The van der Waals surface area contributed by atoms with Gasteiger partial charge >= 0.3 is 6.18 Å². The maximum atomic E-state index is 12.5. The van der Waals surface area contributed by atoms with Crippen molar-refractivity contribution in [2.45, 2.75) is 6.18 Å². The van der Waals surface area contributed by atoms with E-state index < -0.39 is 11.7 Å². The molecular weight excluding hydrogens is 319 g/mol. The van der Waals surface area contributed by atoms with Gasteiger partial charge in [0.05, 0.1) is 5.56 Å². The molecule has 1 aliphatic heterocycles. The van der Waals surface area contributed by atoms with E-state index in [-0.39, 0.29) is 5.95 Å². The van der Waals surface area contributed by atoms with Crippen molar-refractivity contribution in [2.24, 2.45) is 0 Å². The molecule has 0 aliphatic carbocycles. The Hall–Kier alpha value is -2.35. The third-order valence-electron chi connectivity index (χ3n) is 3.97. The second kappa shape index (κ2) is 6.64. The van der Waals surface area contributed by atoms with E-state index >= 15 is 0 Å². The largest absolute Gasteiger partial charge is 0.419 e. The summed E-state index contributed by atoms with van der Waals surface area (Å²) in [5.41, 5.74) is 0.994. The molecule has 0 atom stereocenters. The molecule has 5 nitrogen and oxygen atoms in total. The van der Waals surface area contributed by atoms with Gasteiger partial charge in [0.2, 0.25) is 5.95 Å². The van der Waals surface area contributed by atoms with Crippen LogP contribution >= 0.6 is 0 Å². The lowest BCUT2D eigenvalue weighted by atomic mass is 10.2. The average Bonchev–Trinajstić information content (AvgIpc) is 2.56. The second-order valence-corrected chi connectivity index (χ2v) is 5.76. The molecule has 0 radical (unpaired) electrons. The van der Waals surface area contributed by atoms with Crippen LogP contribution in [0, 0.1) is 0 Å². The Labute approximate surface area is 138 Å². The van der Waals surface area contributed by atoms with Crippen molar-refractivity contribution in [2.75, 3.05) is 43.4 Å². The van der Waals surface area contributed by atoms with Gasteiger partial charge in [0, 0.05) is 49.9 Å². The highest BCUT2D eigenvalue weighted by Crippen LogP contribution is 2.28. The molecule has 8 heteroatoms. The zero-order chi connectivity index (χ0) is 17.2. The van der Waals surface area contributed by atoms with Crippen molar-refractivity contribution in [1.82, 2.24) is 14.9 Å². The van der Waals surface area contributed by atoms with Crippen LogP contribution in [0.4, 0.5) is 30.5 Å². The van der Waals surface area contributed by atoms with Crippen molar-refractivity contribution >= 4 is 17.3 Å². The summed E-state index contributed by atoms with van der Waals surface area (Å²) < 4.78 is 37.5. The summed E-state index contributed by atoms with van der Waals surface area (Å²) in [5, 5.41) is 2.90. The van der Waals surface area contributed by atoms with Gasteiger partial charge in [0.15, 0.2) is 0 Å². The molecule has 1 saturated heterocycles. The maximum absolute atomic E-state index is 12.5. The number of piperazine rings is 1. The maximum Gasteiger partial charge on any atom is 0.419 e. The minimum Gasteiger partial charge on any atom is -0.369 e. The van der Waals surface area contributed by atoms with Crippen molar-refractivity contribution in [1.29, 1.82) is 0 Å². The lowest BCUT2D eigenvalue weighted by Crippen LogP contribution is -2.44. The number of aromatic nitrogens is 2. The minimum absolute atomic E-state index is 0.135. The Morgan fingerprint density at radius 2 is 1.54 bits per heavy atom. The molecule has 1 aliphatic rings. The Balaban J connectivity index is 1.64. The Morgan fingerprint density at radius 1 is 0.958 bits per heavy atom. The van der Waals surface area contributed by atoms with Crippen LogP contribution in [0.2, 0.25) is 0 Å². The zero-order valence-corrected chi connectivity index (χ0v) is 13.2. The van der Waals surface area contributed by atoms with Gasteiger partial charge in [-0.3, -0.25) is 0 Å². The van der Waals surface area contributed by atoms with Crippen LogP contribution in [0.5, 0.6) is 0 Å². The first-order valence-electron chi connectivity index (χ1n) is 7.62. The summed E-state index contributed by atoms with van der Waals surface area (Å²) in [6.07, 6.45) is -2.88. The monoisotopic (exact) mass is 337 g/mol. The Kier molecular flexibility index (Phi) is 4.57. The standard InChI is InChI=1S/C16H18F3N5/c1-23-6-8-24(9-7-23)14-4-2-13(3-5-14)22-15-20-10-12(11-21-15)16(17,18)19/h2-5,10-11H,6-9H2,1H3,(H,20,21,22). The predicted molar refractivity (Wildman–Crippen MR) is 86.5 cm³/mol. The van der Waals surface area contributed by atoms with Crippen LogP contribution < -0.4 is 10.2 Å². The molecule has 3 rings (SSSR count). The van der Waals surface area contributed by atoms with Gasteiger partial charge in [0.25, 0.3) is 0 Å². The SMILES string of the molecule is CN1CCN(c2ccc(Nc3ncc(C(F)(F)F)cn3)cc2)CC1. The molecule has 0 spiro atoms.